The molecule has 0 N–H and O–H groups in total. The van der Waals surface area contributed by atoms with Gasteiger partial charge in [-0.3, -0.25) is 0 Å². The predicted molar refractivity (Wildman–Crippen MR) is 48.4 cm³/mol. The molecule has 0 aromatic carbocycles. The van der Waals surface area contributed by atoms with Crippen molar-refractivity contribution < 1.29 is 13.2 Å². The van der Waals surface area contributed by atoms with Crippen LogP contribution in [-0.2, 0) is 14.6 Å². The number of hydrogen-bond acceptors (Lipinski definition) is 4. The molecule has 1 aromatic heterocycles. The van der Waals surface area contributed by atoms with Gasteiger partial charge in [-0.25, -0.2) is 8.42 Å². The van der Waals surface area contributed by atoms with Gasteiger partial charge in [0, 0.05) is 12.0 Å². The van der Waals surface area contributed by atoms with Gasteiger partial charge in [-0.2, -0.15) is 0 Å². The Kier molecular flexibility index (Phi) is 1.22. The Morgan fingerprint density at radius 2 is 2.38 bits per heavy atom. The maximum absolute atomic E-state index is 11.9. The smallest absolute Gasteiger partial charge is 0.217 e. The summed E-state index contributed by atoms with van der Waals surface area (Å²) in [6.45, 7) is 1.65. The first-order chi connectivity index (χ1) is 6.05. The van der Waals surface area contributed by atoms with Gasteiger partial charge in [-0.1, -0.05) is 0 Å². The molecular formula is C8H8O3S2. The third-order valence-corrected chi connectivity index (χ3v) is 6.56. The molecule has 3 aliphatic rings. The molecule has 0 saturated carbocycles. The Balaban J connectivity index is 2.37. The van der Waals surface area contributed by atoms with Gasteiger partial charge in [0.25, 0.3) is 0 Å². The topological polar surface area (TPSA) is 43.4 Å². The van der Waals surface area contributed by atoms with Gasteiger partial charge in [-0.05, 0) is 18.4 Å². The highest BCUT2D eigenvalue weighted by atomic mass is 32.2. The zero-order chi connectivity index (χ0) is 9.27. The first-order valence-corrected chi connectivity index (χ1v) is 6.41. The molecule has 0 amide bonds. The van der Waals surface area contributed by atoms with Crippen LogP contribution in [0.3, 0.4) is 0 Å². The second-order valence-corrected chi connectivity index (χ2v) is 7.06. The number of sulfone groups is 1. The molecule has 2 atom stereocenters. The van der Waals surface area contributed by atoms with Gasteiger partial charge in [0.1, 0.15) is 4.21 Å². The molecule has 0 spiro atoms. The molecule has 0 radical (unpaired) electrons. The summed E-state index contributed by atoms with van der Waals surface area (Å²) in [5.74, 6) is 0. The van der Waals surface area contributed by atoms with E-state index in [9.17, 15) is 8.42 Å². The quantitative estimate of drug-likeness (QED) is 0.663. The van der Waals surface area contributed by atoms with E-state index in [1.807, 2.05) is 11.4 Å². The van der Waals surface area contributed by atoms with E-state index in [0.29, 0.717) is 10.6 Å². The van der Waals surface area contributed by atoms with E-state index in [0.717, 1.165) is 5.56 Å². The standard InChI is InChI=1S/C8H8O3S2/c1-8-4-6(11-8)5-2-3-12-7(5)13(8,9)10/h2-3,6H,4H2,1H3/t6?,8-/m0/s1. The van der Waals surface area contributed by atoms with Gasteiger partial charge in [-0.15, -0.1) is 11.3 Å². The van der Waals surface area contributed by atoms with Crippen LogP contribution in [-0.4, -0.2) is 13.4 Å². The van der Waals surface area contributed by atoms with E-state index in [1.165, 1.54) is 11.3 Å². The number of thiophene rings is 1. The molecule has 4 heterocycles. The lowest BCUT2D eigenvalue weighted by atomic mass is 10.00. The fourth-order valence-corrected chi connectivity index (χ4v) is 5.32. The summed E-state index contributed by atoms with van der Waals surface area (Å²) >= 11 is 1.30. The van der Waals surface area contributed by atoms with Gasteiger partial charge >= 0.3 is 0 Å². The molecule has 13 heavy (non-hydrogen) atoms. The Hall–Kier alpha value is -0.390. The van der Waals surface area contributed by atoms with Gasteiger partial charge in [0.15, 0.2) is 4.93 Å². The van der Waals surface area contributed by atoms with Crippen LogP contribution in [0.15, 0.2) is 15.7 Å². The van der Waals surface area contributed by atoms with E-state index in [1.54, 1.807) is 6.92 Å². The first-order valence-electron chi connectivity index (χ1n) is 4.04. The lowest BCUT2D eigenvalue weighted by molar-refractivity contribution is -0.152. The third kappa shape index (κ3) is 0.719. The molecule has 70 valence electrons. The van der Waals surface area contributed by atoms with Crippen LogP contribution in [0.4, 0.5) is 0 Å². The van der Waals surface area contributed by atoms with E-state index < -0.39 is 14.8 Å². The van der Waals surface area contributed by atoms with Crippen molar-refractivity contribution in [1.82, 2.24) is 0 Å². The molecular weight excluding hydrogens is 208 g/mol. The van der Waals surface area contributed by atoms with Gasteiger partial charge in [0.05, 0.1) is 6.10 Å². The molecule has 5 heteroatoms. The molecule has 1 fully saturated rings. The van der Waals surface area contributed by atoms with Crippen molar-refractivity contribution in [2.75, 3.05) is 0 Å². The Morgan fingerprint density at radius 1 is 1.69 bits per heavy atom. The SMILES string of the molecule is C[C@]12CC(O1)c1ccsc1S2(=O)=O. The van der Waals surface area contributed by atoms with Crippen molar-refractivity contribution in [3.05, 3.63) is 17.0 Å². The maximum atomic E-state index is 11.9. The van der Waals surface area contributed by atoms with Crippen molar-refractivity contribution in [3.63, 3.8) is 0 Å². The summed E-state index contributed by atoms with van der Waals surface area (Å²) in [7, 11) is -3.21. The normalized spacial score (nSPS) is 39.3. The van der Waals surface area contributed by atoms with E-state index in [4.69, 9.17) is 4.74 Å². The average Bonchev–Trinajstić information content (AvgIpc) is 2.43. The zero-order valence-electron chi connectivity index (χ0n) is 6.98. The van der Waals surface area contributed by atoms with Crippen LogP contribution in [0.5, 0.6) is 0 Å². The summed E-state index contributed by atoms with van der Waals surface area (Å²) in [5.41, 5.74) is 0.855. The minimum absolute atomic E-state index is 0.0229. The molecule has 2 bridgehead atoms. The Bertz CT molecular complexity index is 465. The summed E-state index contributed by atoms with van der Waals surface area (Å²) in [5, 5.41) is 1.82. The van der Waals surface area contributed by atoms with Gasteiger partial charge < -0.3 is 4.74 Å². The Morgan fingerprint density at radius 3 is 3.08 bits per heavy atom. The van der Waals surface area contributed by atoms with Crippen LogP contribution in [0.25, 0.3) is 0 Å². The maximum Gasteiger partial charge on any atom is 0.217 e. The highest BCUT2D eigenvalue weighted by Gasteiger charge is 2.59. The third-order valence-electron chi connectivity index (χ3n) is 2.77. The molecule has 0 aliphatic carbocycles. The zero-order valence-corrected chi connectivity index (χ0v) is 8.61. The van der Waals surface area contributed by atoms with Crippen LogP contribution >= 0.6 is 11.3 Å². The van der Waals surface area contributed by atoms with Crippen molar-refractivity contribution in [1.29, 1.82) is 0 Å². The van der Waals surface area contributed by atoms with Crippen molar-refractivity contribution in [2.24, 2.45) is 0 Å². The second-order valence-electron chi connectivity index (χ2n) is 3.61. The van der Waals surface area contributed by atoms with Gasteiger partial charge in [0.2, 0.25) is 9.84 Å². The lowest BCUT2D eigenvalue weighted by Crippen LogP contribution is -2.53. The minimum Gasteiger partial charge on any atom is -0.351 e. The van der Waals surface area contributed by atoms with E-state index in [2.05, 4.69) is 0 Å². The number of hydrogen-bond donors (Lipinski definition) is 0. The van der Waals surface area contributed by atoms with Crippen LogP contribution in [0, 0.1) is 0 Å². The molecule has 3 nitrogen and oxygen atoms in total. The lowest BCUT2D eigenvalue weighted by Gasteiger charge is -2.48. The minimum atomic E-state index is -3.21. The van der Waals surface area contributed by atoms with Crippen molar-refractivity contribution >= 4 is 21.2 Å². The summed E-state index contributed by atoms with van der Waals surface area (Å²) in [6.07, 6.45) is 0.633. The van der Waals surface area contributed by atoms with E-state index in [-0.39, 0.29) is 6.10 Å². The van der Waals surface area contributed by atoms with Crippen molar-refractivity contribution in [2.45, 2.75) is 28.6 Å². The first kappa shape index (κ1) is 7.96. The fraction of sp³-hybridized carbons (Fsp3) is 0.500. The second kappa shape index (κ2) is 1.99. The predicted octanol–water partition coefficient (Wildman–Crippen LogP) is 1.71. The summed E-state index contributed by atoms with van der Waals surface area (Å²) in [6, 6.07) is 1.85. The Labute approximate surface area is 80.3 Å². The molecule has 1 aromatic rings. The van der Waals surface area contributed by atoms with Crippen molar-refractivity contribution in [3.8, 4) is 0 Å². The largest absolute Gasteiger partial charge is 0.351 e. The molecule has 1 unspecified atom stereocenters. The van der Waals surface area contributed by atoms with E-state index >= 15 is 0 Å². The summed E-state index contributed by atoms with van der Waals surface area (Å²) in [4.78, 5) is -0.935. The van der Waals surface area contributed by atoms with Crippen LogP contribution < -0.4 is 0 Å². The van der Waals surface area contributed by atoms with Crippen LogP contribution in [0.1, 0.15) is 25.0 Å². The molecule has 4 rings (SSSR count). The average molecular weight is 216 g/mol. The van der Waals surface area contributed by atoms with Crippen LogP contribution in [0.2, 0.25) is 0 Å². The summed E-state index contributed by atoms with van der Waals surface area (Å²) < 4.78 is 29.7. The molecule has 3 aliphatic heterocycles. The number of ether oxygens (including phenoxy) is 1. The molecule has 1 saturated heterocycles. The fourth-order valence-electron chi connectivity index (χ4n) is 1.93. The number of rotatable bonds is 0. The highest BCUT2D eigenvalue weighted by molar-refractivity contribution is 7.94. The highest BCUT2D eigenvalue weighted by Crippen LogP contribution is 2.56. The monoisotopic (exact) mass is 216 g/mol.